The number of carbonyl (C=O) groups is 1. The van der Waals surface area contributed by atoms with E-state index < -0.39 is 5.97 Å². The van der Waals surface area contributed by atoms with Gasteiger partial charge in [0.05, 0.1) is 7.11 Å². The van der Waals surface area contributed by atoms with E-state index in [1.54, 1.807) is 0 Å². The Hall–Kier alpha value is -1.98. The molecule has 15 heavy (non-hydrogen) atoms. The third-order valence-electron chi connectivity index (χ3n) is 1.99. The van der Waals surface area contributed by atoms with E-state index in [4.69, 9.17) is 0 Å². The Kier molecular flexibility index (Phi) is 2.11. The lowest BCUT2D eigenvalue weighted by Crippen LogP contribution is -2.04. The highest BCUT2D eigenvalue weighted by atomic mass is 16.5. The number of aryl methyl sites for hydroxylation is 2. The summed E-state index contributed by atoms with van der Waals surface area (Å²) < 4.78 is 6.04. The van der Waals surface area contributed by atoms with E-state index in [0.29, 0.717) is 5.78 Å². The second-order valence-electron chi connectivity index (χ2n) is 3.18. The summed E-state index contributed by atoms with van der Waals surface area (Å²) >= 11 is 0. The maximum atomic E-state index is 11.2. The molecule has 0 aliphatic carbocycles. The van der Waals surface area contributed by atoms with Crippen LogP contribution in [0.5, 0.6) is 0 Å². The summed E-state index contributed by atoms with van der Waals surface area (Å²) in [5.74, 6) is -0.121. The molecule has 2 aromatic rings. The molecule has 2 rings (SSSR count). The number of nitrogens with zero attached hydrogens (tertiary/aromatic N) is 4. The fraction of sp³-hybridized carbons (Fsp3) is 0.333. The Morgan fingerprint density at radius 3 is 2.80 bits per heavy atom. The quantitative estimate of drug-likeness (QED) is 0.636. The summed E-state index contributed by atoms with van der Waals surface area (Å²) in [6, 6.07) is 1.86. The summed E-state index contributed by atoms with van der Waals surface area (Å²) in [5, 5.41) is 3.99. The van der Waals surface area contributed by atoms with E-state index in [1.165, 1.54) is 11.6 Å². The first-order chi connectivity index (χ1) is 7.11. The van der Waals surface area contributed by atoms with Crippen molar-refractivity contribution in [3.05, 3.63) is 23.3 Å². The molecule has 0 aromatic carbocycles. The number of hydrogen-bond donors (Lipinski definition) is 0. The van der Waals surface area contributed by atoms with Crippen LogP contribution in [0.4, 0.5) is 0 Å². The first kappa shape index (κ1) is 9.57. The van der Waals surface area contributed by atoms with Crippen molar-refractivity contribution in [2.45, 2.75) is 13.8 Å². The molecule has 78 valence electrons. The Morgan fingerprint density at radius 1 is 1.40 bits per heavy atom. The first-order valence-corrected chi connectivity index (χ1v) is 4.41. The van der Waals surface area contributed by atoms with Gasteiger partial charge in [-0.2, -0.15) is 4.98 Å². The molecule has 0 unspecified atom stereocenters. The fourth-order valence-electron chi connectivity index (χ4n) is 1.34. The van der Waals surface area contributed by atoms with Crippen molar-refractivity contribution in [1.29, 1.82) is 0 Å². The van der Waals surface area contributed by atoms with Crippen LogP contribution < -0.4 is 0 Å². The van der Waals surface area contributed by atoms with Crippen molar-refractivity contribution in [3.63, 3.8) is 0 Å². The maximum absolute atomic E-state index is 11.2. The smallest absolute Gasteiger partial charge is 0.378 e. The van der Waals surface area contributed by atoms with Gasteiger partial charge in [0.2, 0.25) is 0 Å². The molecule has 6 heteroatoms. The van der Waals surface area contributed by atoms with Crippen LogP contribution in [0.25, 0.3) is 5.78 Å². The van der Waals surface area contributed by atoms with Gasteiger partial charge in [-0.25, -0.2) is 14.3 Å². The normalized spacial score (nSPS) is 10.6. The van der Waals surface area contributed by atoms with E-state index in [1.807, 2.05) is 19.9 Å². The predicted molar refractivity (Wildman–Crippen MR) is 51.6 cm³/mol. The van der Waals surface area contributed by atoms with Gasteiger partial charge in [0.25, 0.3) is 11.6 Å². The first-order valence-electron chi connectivity index (χ1n) is 4.41. The van der Waals surface area contributed by atoms with E-state index >= 15 is 0 Å². The molecule has 2 heterocycles. The summed E-state index contributed by atoms with van der Waals surface area (Å²) in [6.45, 7) is 3.73. The van der Waals surface area contributed by atoms with Gasteiger partial charge >= 0.3 is 5.97 Å². The van der Waals surface area contributed by atoms with E-state index in [0.717, 1.165) is 11.4 Å². The monoisotopic (exact) mass is 206 g/mol. The molecule has 0 N–H and O–H groups in total. The summed E-state index contributed by atoms with van der Waals surface area (Å²) in [5.41, 5.74) is 1.71. The van der Waals surface area contributed by atoms with Gasteiger partial charge in [-0.15, -0.1) is 5.10 Å². The largest absolute Gasteiger partial charge is 0.463 e. The van der Waals surface area contributed by atoms with Gasteiger partial charge in [-0.05, 0) is 19.9 Å². The van der Waals surface area contributed by atoms with Crippen molar-refractivity contribution in [3.8, 4) is 0 Å². The number of carbonyl (C=O) groups excluding carboxylic acids is 1. The van der Waals surface area contributed by atoms with Crippen LogP contribution in [0.2, 0.25) is 0 Å². The molecular weight excluding hydrogens is 196 g/mol. The zero-order valence-corrected chi connectivity index (χ0v) is 8.68. The van der Waals surface area contributed by atoms with Gasteiger partial charge in [0, 0.05) is 11.4 Å². The number of ether oxygens (including phenoxy) is 1. The molecule has 0 saturated carbocycles. The third-order valence-corrected chi connectivity index (χ3v) is 1.99. The minimum Gasteiger partial charge on any atom is -0.463 e. The molecule has 0 aliphatic rings. The molecule has 0 aliphatic heterocycles. The van der Waals surface area contributed by atoms with Crippen molar-refractivity contribution >= 4 is 11.7 Å². The summed E-state index contributed by atoms with van der Waals surface area (Å²) in [4.78, 5) is 19.3. The highest BCUT2D eigenvalue weighted by Crippen LogP contribution is 2.05. The van der Waals surface area contributed by atoms with Crippen LogP contribution in [0.3, 0.4) is 0 Å². The average molecular weight is 206 g/mol. The lowest BCUT2D eigenvalue weighted by molar-refractivity contribution is 0.0587. The molecule has 6 nitrogen and oxygen atoms in total. The number of hydrogen-bond acceptors (Lipinski definition) is 5. The highest BCUT2D eigenvalue weighted by Gasteiger charge is 2.14. The lowest BCUT2D eigenvalue weighted by atomic mass is 10.4. The predicted octanol–water partition coefficient (Wildman–Crippen LogP) is 0.528. The van der Waals surface area contributed by atoms with E-state index in [2.05, 4.69) is 19.8 Å². The van der Waals surface area contributed by atoms with Crippen LogP contribution in [0, 0.1) is 13.8 Å². The molecule has 0 saturated heterocycles. The van der Waals surface area contributed by atoms with Crippen LogP contribution in [-0.2, 0) is 4.74 Å². The molecule has 0 atom stereocenters. The van der Waals surface area contributed by atoms with Gasteiger partial charge in [-0.3, -0.25) is 0 Å². The van der Waals surface area contributed by atoms with Crippen molar-refractivity contribution in [1.82, 2.24) is 19.6 Å². The van der Waals surface area contributed by atoms with Gasteiger partial charge in [0.15, 0.2) is 0 Å². The van der Waals surface area contributed by atoms with Gasteiger partial charge in [-0.1, -0.05) is 0 Å². The summed E-state index contributed by atoms with van der Waals surface area (Å²) in [7, 11) is 1.29. The van der Waals surface area contributed by atoms with Gasteiger partial charge in [0.1, 0.15) is 0 Å². The number of esters is 1. The van der Waals surface area contributed by atoms with Crippen molar-refractivity contribution < 1.29 is 9.53 Å². The van der Waals surface area contributed by atoms with Crippen LogP contribution in [-0.4, -0.2) is 32.7 Å². The highest BCUT2D eigenvalue weighted by molar-refractivity contribution is 5.85. The number of rotatable bonds is 1. The van der Waals surface area contributed by atoms with Crippen molar-refractivity contribution in [2.75, 3.05) is 7.11 Å². The molecule has 0 bridgehead atoms. The van der Waals surface area contributed by atoms with E-state index in [9.17, 15) is 4.79 Å². The van der Waals surface area contributed by atoms with Crippen LogP contribution in [0.15, 0.2) is 6.07 Å². The minimum absolute atomic E-state index is 0.0266. The Morgan fingerprint density at radius 2 is 2.13 bits per heavy atom. The minimum atomic E-state index is -0.558. The van der Waals surface area contributed by atoms with Crippen LogP contribution in [0.1, 0.15) is 22.0 Å². The third kappa shape index (κ3) is 1.54. The van der Waals surface area contributed by atoms with Gasteiger partial charge < -0.3 is 4.74 Å². The zero-order valence-electron chi connectivity index (χ0n) is 8.68. The number of aromatic nitrogens is 4. The zero-order chi connectivity index (χ0) is 11.0. The maximum Gasteiger partial charge on any atom is 0.378 e. The lowest BCUT2D eigenvalue weighted by Gasteiger charge is -1.97. The molecule has 0 fully saturated rings. The Bertz CT molecular complexity index is 532. The Balaban J connectivity index is 2.65. The molecule has 0 amide bonds. The molecular formula is C9H10N4O2. The second kappa shape index (κ2) is 3.30. The average Bonchev–Trinajstić information content (AvgIpc) is 2.60. The van der Waals surface area contributed by atoms with Crippen LogP contribution >= 0.6 is 0 Å². The molecule has 0 radical (unpaired) electrons. The second-order valence-corrected chi connectivity index (χ2v) is 3.18. The molecule has 0 spiro atoms. The fourth-order valence-corrected chi connectivity index (χ4v) is 1.34. The number of fused-ring (bicyclic) bond motifs is 1. The topological polar surface area (TPSA) is 69.4 Å². The SMILES string of the molecule is COC(=O)c1nc2nc(C)cc(C)n2n1. The number of methoxy groups -OCH3 is 1. The standard InChI is InChI=1S/C9H10N4O2/c1-5-4-6(2)13-9(10-5)11-7(12-13)8(14)15-3/h4H,1-3H3. The van der Waals surface area contributed by atoms with Crippen molar-refractivity contribution in [2.24, 2.45) is 0 Å². The summed E-state index contributed by atoms with van der Waals surface area (Å²) in [6.07, 6.45) is 0. The Labute approximate surface area is 85.9 Å². The van der Waals surface area contributed by atoms with E-state index in [-0.39, 0.29) is 5.82 Å². The molecule has 2 aromatic heterocycles.